The van der Waals surface area contributed by atoms with Crippen LogP contribution in [0.3, 0.4) is 0 Å². The Morgan fingerprint density at radius 3 is 2.91 bits per heavy atom. The second kappa shape index (κ2) is 5.35. The van der Waals surface area contributed by atoms with E-state index in [0.717, 1.165) is 31.6 Å². The van der Waals surface area contributed by atoms with E-state index in [1.54, 1.807) is 30.5 Å². The van der Waals surface area contributed by atoms with Gasteiger partial charge < -0.3 is 9.88 Å². The molecule has 1 aromatic carbocycles. The molecule has 23 heavy (non-hydrogen) atoms. The Hall–Kier alpha value is -2.96. The predicted molar refractivity (Wildman–Crippen MR) is 85.5 cm³/mol. The molecule has 1 aliphatic heterocycles. The number of nitrogens with zero attached hydrogens (tertiary/aromatic N) is 3. The number of rotatable bonds is 2. The molecule has 2 N–H and O–H groups in total. The van der Waals surface area contributed by atoms with Gasteiger partial charge >= 0.3 is 0 Å². The van der Waals surface area contributed by atoms with Crippen LogP contribution < -0.4 is 10.9 Å². The third-order valence-electron chi connectivity index (χ3n) is 4.12. The van der Waals surface area contributed by atoms with Crippen molar-refractivity contribution in [2.45, 2.75) is 25.8 Å². The van der Waals surface area contributed by atoms with E-state index < -0.39 is 0 Å². The number of hydrogen-bond acceptors (Lipinski definition) is 4. The first-order valence-electron chi connectivity index (χ1n) is 7.57. The Labute approximate surface area is 131 Å². The maximum absolute atomic E-state index is 12.6. The first-order valence-corrected chi connectivity index (χ1v) is 7.57. The molecule has 1 aliphatic rings. The minimum atomic E-state index is -0.356. The molecule has 3 aromatic rings. The van der Waals surface area contributed by atoms with Crippen LogP contribution in [0.1, 0.15) is 29.2 Å². The molecule has 7 heteroatoms. The van der Waals surface area contributed by atoms with Gasteiger partial charge in [0.1, 0.15) is 11.6 Å². The Morgan fingerprint density at radius 2 is 2.04 bits per heavy atom. The van der Waals surface area contributed by atoms with Crippen molar-refractivity contribution >= 4 is 22.5 Å². The lowest BCUT2D eigenvalue weighted by Gasteiger charge is -2.16. The molecule has 0 unspecified atom stereocenters. The van der Waals surface area contributed by atoms with Gasteiger partial charge in [0, 0.05) is 18.4 Å². The molecule has 7 nitrogen and oxygen atoms in total. The van der Waals surface area contributed by atoms with Crippen LogP contribution in [0.4, 0.5) is 5.82 Å². The van der Waals surface area contributed by atoms with Crippen LogP contribution in [0, 0.1) is 0 Å². The maximum atomic E-state index is 12.6. The molecule has 2 aromatic heterocycles. The molecule has 3 heterocycles. The van der Waals surface area contributed by atoms with Gasteiger partial charge in [0.15, 0.2) is 5.69 Å². The van der Waals surface area contributed by atoms with E-state index in [1.807, 2.05) is 4.57 Å². The lowest BCUT2D eigenvalue weighted by Crippen LogP contribution is -2.21. The third kappa shape index (κ3) is 2.30. The summed E-state index contributed by atoms with van der Waals surface area (Å²) in [5, 5.41) is 10.1. The second-order valence-electron chi connectivity index (χ2n) is 5.57. The van der Waals surface area contributed by atoms with E-state index in [4.69, 9.17) is 0 Å². The summed E-state index contributed by atoms with van der Waals surface area (Å²) in [6.07, 6.45) is 4.80. The summed E-state index contributed by atoms with van der Waals surface area (Å²) in [6.45, 7) is 0.852. The van der Waals surface area contributed by atoms with E-state index in [1.165, 1.54) is 0 Å². The fraction of sp³-hybridized carbons (Fsp3) is 0.250. The summed E-state index contributed by atoms with van der Waals surface area (Å²) >= 11 is 0. The summed E-state index contributed by atoms with van der Waals surface area (Å²) in [4.78, 5) is 28.7. The summed E-state index contributed by atoms with van der Waals surface area (Å²) < 4.78 is 2.02. The summed E-state index contributed by atoms with van der Waals surface area (Å²) in [5.74, 6) is 1.30. The van der Waals surface area contributed by atoms with Crippen molar-refractivity contribution in [2.24, 2.45) is 0 Å². The van der Waals surface area contributed by atoms with Gasteiger partial charge in [0.25, 0.3) is 11.5 Å². The molecular weight excluding hydrogens is 294 g/mol. The van der Waals surface area contributed by atoms with E-state index in [-0.39, 0.29) is 17.2 Å². The molecule has 0 spiro atoms. The van der Waals surface area contributed by atoms with Gasteiger partial charge in [0.2, 0.25) is 0 Å². The van der Waals surface area contributed by atoms with Crippen LogP contribution >= 0.6 is 0 Å². The summed E-state index contributed by atoms with van der Waals surface area (Å²) in [5.41, 5.74) is -0.106. The van der Waals surface area contributed by atoms with Crippen LogP contribution in [0.5, 0.6) is 0 Å². The lowest BCUT2D eigenvalue weighted by atomic mass is 10.1. The minimum absolute atomic E-state index is 0.201. The Morgan fingerprint density at radius 1 is 1.22 bits per heavy atom. The molecule has 0 radical (unpaired) electrons. The zero-order valence-corrected chi connectivity index (χ0v) is 12.4. The van der Waals surface area contributed by atoms with Crippen LogP contribution in [-0.2, 0) is 13.0 Å². The molecule has 4 rings (SSSR count). The van der Waals surface area contributed by atoms with Crippen molar-refractivity contribution in [3.63, 3.8) is 0 Å². The highest BCUT2D eigenvalue weighted by atomic mass is 16.2. The normalized spacial score (nSPS) is 13.7. The number of carbonyl (C=O) groups is 1. The molecule has 116 valence electrons. The first-order chi connectivity index (χ1) is 11.2. The third-order valence-corrected chi connectivity index (χ3v) is 4.12. The van der Waals surface area contributed by atoms with Crippen molar-refractivity contribution in [1.82, 2.24) is 19.7 Å². The molecular formula is C16H15N5O2. The number of aromatic amines is 1. The number of amides is 1. The van der Waals surface area contributed by atoms with Crippen molar-refractivity contribution < 1.29 is 4.79 Å². The van der Waals surface area contributed by atoms with Gasteiger partial charge in [-0.15, -0.1) is 0 Å². The fourth-order valence-corrected chi connectivity index (χ4v) is 2.98. The number of hydrogen-bond donors (Lipinski definition) is 2. The van der Waals surface area contributed by atoms with Crippen LogP contribution in [-0.4, -0.2) is 25.7 Å². The molecule has 0 saturated carbocycles. The zero-order valence-electron chi connectivity index (χ0n) is 12.4. The Balaban J connectivity index is 1.72. The van der Waals surface area contributed by atoms with Crippen LogP contribution in [0.2, 0.25) is 0 Å². The van der Waals surface area contributed by atoms with Crippen molar-refractivity contribution in [3.8, 4) is 0 Å². The number of aryl methyl sites for hydroxylation is 1. The second-order valence-corrected chi connectivity index (χ2v) is 5.57. The molecule has 1 amide bonds. The highest BCUT2D eigenvalue weighted by Gasteiger charge is 2.19. The van der Waals surface area contributed by atoms with Gasteiger partial charge in [-0.25, -0.2) is 10.1 Å². The molecule has 0 bridgehead atoms. The predicted octanol–water partition coefficient (Wildman–Crippen LogP) is 1.71. The zero-order chi connectivity index (χ0) is 15.8. The van der Waals surface area contributed by atoms with Crippen LogP contribution in [0.25, 0.3) is 10.8 Å². The SMILES string of the molecule is O=C(Nc1cnc2n1CCCC2)c1n[nH]c(=O)c2ccccc12. The van der Waals surface area contributed by atoms with Gasteiger partial charge in [-0.05, 0) is 18.9 Å². The summed E-state index contributed by atoms with van der Waals surface area (Å²) in [6, 6.07) is 6.93. The number of benzene rings is 1. The molecule has 0 atom stereocenters. The lowest BCUT2D eigenvalue weighted by molar-refractivity contribution is 0.102. The highest BCUT2D eigenvalue weighted by molar-refractivity contribution is 6.10. The van der Waals surface area contributed by atoms with Gasteiger partial charge in [-0.3, -0.25) is 9.59 Å². The minimum Gasteiger partial charge on any atom is -0.315 e. The number of fused-ring (bicyclic) bond motifs is 2. The number of nitrogens with one attached hydrogen (secondary N) is 2. The maximum Gasteiger partial charge on any atom is 0.277 e. The largest absolute Gasteiger partial charge is 0.315 e. The number of carbonyl (C=O) groups excluding carboxylic acids is 1. The Bertz CT molecular complexity index is 957. The monoisotopic (exact) mass is 309 g/mol. The fourth-order valence-electron chi connectivity index (χ4n) is 2.98. The van der Waals surface area contributed by atoms with E-state index in [2.05, 4.69) is 20.5 Å². The number of imidazole rings is 1. The standard InChI is InChI=1S/C16H15N5O2/c22-15-11-6-2-1-5-10(11)14(19-20-15)16(23)18-13-9-17-12-7-3-4-8-21(12)13/h1-2,5-6,9H,3-4,7-8H2,(H,18,23)(H,20,22). The average molecular weight is 309 g/mol. The quantitative estimate of drug-likeness (QED) is 0.753. The van der Waals surface area contributed by atoms with E-state index >= 15 is 0 Å². The van der Waals surface area contributed by atoms with E-state index in [9.17, 15) is 9.59 Å². The van der Waals surface area contributed by atoms with Gasteiger partial charge in [0.05, 0.1) is 11.6 Å². The highest BCUT2D eigenvalue weighted by Crippen LogP contribution is 2.20. The summed E-state index contributed by atoms with van der Waals surface area (Å²) in [7, 11) is 0. The molecule has 0 saturated heterocycles. The van der Waals surface area contributed by atoms with Gasteiger partial charge in [-0.2, -0.15) is 5.10 Å². The first kappa shape index (κ1) is 13.7. The molecule has 0 aliphatic carbocycles. The number of anilines is 1. The van der Waals surface area contributed by atoms with E-state index in [0.29, 0.717) is 16.6 Å². The smallest absolute Gasteiger partial charge is 0.277 e. The number of H-pyrrole nitrogens is 1. The van der Waals surface area contributed by atoms with Crippen LogP contribution in [0.15, 0.2) is 35.3 Å². The van der Waals surface area contributed by atoms with Crippen molar-refractivity contribution in [1.29, 1.82) is 0 Å². The number of aromatic nitrogens is 4. The Kier molecular flexibility index (Phi) is 3.18. The topological polar surface area (TPSA) is 92.7 Å². The average Bonchev–Trinajstić information content (AvgIpc) is 2.98. The molecule has 0 fully saturated rings. The van der Waals surface area contributed by atoms with Gasteiger partial charge in [-0.1, -0.05) is 18.2 Å². The van der Waals surface area contributed by atoms with Crippen molar-refractivity contribution in [2.75, 3.05) is 5.32 Å². The van der Waals surface area contributed by atoms with Crippen molar-refractivity contribution in [3.05, 3.63) is 52.3 Å².